The van der Waals surface area contributed by atoms with Crippen LogP contribution >= 0.6 is 0 Å². The van der Waals surface area contributed by atoms with Crippen molar-refractivity contribution in [3.63, 3.8) is 0 Å². The lowest BCUT2D eigenvalue weighted by molar-refractivity contribution is 0.0974. The maximum atomic E-state index is 11.7. The van der Waals surface area contributed by atoms with Crippen LogP contribution in [-0.4, -0.2) is 10.8 Å². The molecule has 0 aliphatic rings. The van der Waals surface area contributed by atoms with Gasteiger partial charge >= 0.3 is 0 Å². The molecule has 0 bridgehead atoms. The SMILES string of the molecule is CCCCCCC(=O)c1cc(C)ccn1. The molecule has 2 heteroatoms. The molecule has 82 valence electrons. The summed E-state index contributed by atoms with van der Waals surface area (Å²) in [5.41, 5.74) is 1.72. The first kappa shape index (κ1) is 11.9. The lowest BCUT2D eigenvalue weighted by atomic mass is 10.1. The molecule has 0 N–H and O–H groups in total. The molecule has 0 amide bonds. The summed E-state index contributed by atoms with van der Waals surface area (Å²) in [5, 5.41) is 0. The molecule has 2 nitrogen and oxygen atoms in total. The summed E-state index contributed by atoms with van der Waals surface area (Å²) in [6, 6.07) is 3.77. The number of aromatic nitrogens is 1. The Hall–Kier alpha value is -1.18. The first-order chi connectivity index (χ1) is 7.24. The first-order valence-electron chi connectivity index (χ1n) is 5.70. The number of carbonyl (C=O) groups is 1. The van der Waals surface area contributed by atoms with E-state index in [1.54, 1.807) is 6.20 Å². The second kappa shape index (κ2) is 6.33. The second-order valence-electron chi connectivity index (χ2n) is 3.95. The van der Waals surface area contributed by atoms with E-state index >= 15 is 0 Å². The third kappa shape index (κ3) is 4.24. The smallest absolute Gasteiger partial charge is 0.181 e. The van der Waals surface area contributed by atoms with Crippen molar-refractivity contribution in [2.75, 3.05) is 0 Å². The predicted octanol–water partition coefficient (Wildman–Crippen LogP) is 3.54. The molecule has 0 fully saturated rings. The number of pyridine rings is 1. The molecule has 15 heavy (non-hydrogen) atoms. The van der Waals surface area contributed by atoms with Gasteiger partial charge in [-0.1, -0.05) is 26.2 Å². The Bertz CT molecular complexity index is 320. The Morgan fingerprint density at radius 1 is 1.33 bits per heavy atom. The third-order valence-electron chi connectivity index (χ3n) is 2.46. The van der Waals surface area contributed by atoms with Crippen molar-refractivity contribution in [3.8, 4) is 0 Å². The minimum Gasteiger partial charge on any atom is -0.292 e. The normalized spacial score (nSPS) is 10.3. The van der Waals surface area contributed by atoms with Gasteiger partial charge in [-0.2, -0.15) is 0 Å². The van der Waals surface area contributed by atoms with E-state index in [9.17, 15) is 4.79 Å². The fraction of sp³-hybridized carbons (Fsp3) is 0.538. The Balaban J connectivity index is 2.40. The summed E-state index contributed by atoms with van der Waals surface area (Å²) in [6.07, 6.45) is 6.90. The van der Waals surface area contributed by atoms with Gasteiger partial charge in [-0.3, -0.25) is 9.78 Å². The van der Waals surface area contributed by atoms with Crippen LogP contribution in [0.4, 0.5) is 0 Å². The first-order valence-corrected chi connectivity index (χ1v) is 5.70. The third-order valence-corrected chi connectivity index (χ3v) is 2.46. The summed E-state index contributed by atoms with van der Waals surface area (Å²) in [6.45, 7) is 4.15. The van der Waals surface area contributed by atoms with Crippen molar-refractivity contribution in [3.05, 3.63) is 29.6 Å². The van der Waals surface area contributed by atoms with Crippen molar-refractivity contribution < 1.29 is 4.79 Å². The Morgan fingerprint density at radius 2 is 2.13 bits per heavy atom. The van der Waals surface area contributed by atoms with Gasteiger partial charge in [0.2, 0.25) is 0 Å². The van der Waals surface area contributed by atoms with E-state index in [2.05, 4.69) is 11.9 Å². The average molecular weight is 205 g/mol. The predicted molar refractivity (Wildman–Crippen MR) is 62.1 cm³/mol. The number of unbranched alkanes of at least 4 members (excludes halogenated alkanes) is 3. The Kier molecular flexibility index (Phi) is 5.02. The molecule has 0 unspecified atom stereocenters. The van der Waals surface area contributed by atoms with Gasteiger partial charge in [0.25, 0.3) is 0 Å². The Morgan fingerprint density at radius 3 is 2.80 bits per heavy atom. The highest BCUT2D eigenvalue weighted by molar-refractivity contribution is 5.94. The fourth-order valence-electron chi connectivity index (χ4n) is 1.53. The summed E-state index contributed by atoms with van der Waals surface area (Å²) < 4.78 is 0. The van der Waals surface area contributed by atoms with Crippen molar-refractivity contribution in [1.82, 2.24) is 4.98 Å². The summed E-state index contributed by atoms with van der Waals surface area (Å²) >= 11 is 0. The fourth-order valence-corrected chi connectivity index (χ4v) is 1.53. The van der Waals surface area contributed by atoms with Crippen LogP contribution < -0.4 is 0 Å². The number of rotatable bonds is 6. The largest absolute Gasteiger partial charge is 0.292 e. The van der Waals surface area contributed by atoms with Gasteiger partial charge in [0.15, 0.2) is 5.78 Å². The molecule has 0 saturated carbocycles. The highest BCUT2D eigenvalue weighted by atomic mass is 16.1. The van der Waals surface area contributed by atoms with E-state index in [1.165, 1.54) is 12.8 Å². The molecule has 0 saturated heterocycles. The van der Waals surface area contributed by atoms with Gasteiger partial charge in [0.1, 0.15) is 5.69 Å². The highest BCUT2D eigenvalue weighted by Crippen LogP contribution is 2.08. The van der Waals surface area contributed by atoms with E-state index in [-0.39, 0.29) is 5.78 Å². The molecule has 1 rings (SSSR count). The molecule has 0 aliphatic carbocycles. The van der Waals surface area contributed by atoms with Gasteiger partial charge in [-0.05, 0) is 31.0 Å². The van der Waals surface area contributed by atoms with Crippen molar-refractivity contribution in [1.29, 1.82) is 0 Å². The molecule has 0 aliphatic heterocycles. The zero-order chi connectivity index (χ0) is 11.1. The molecule has 0 radical (unpaired) electrons. The van der Waals surface area contributed by atoms with Crippen LogP contribution in [0.5, 0.6) is 0 Å². The Labute approximate surface area is 91.7 Å². The number of nitrogens with zero attached hydrogens (tertiary/aromatic N) is 1. The molecule has 1 heterocycles. The molecule has 0 aromatic carbocycles. The van der Waals surface area contributed by atoms with Crippen LogP contribution in [0.3, 0.4) is 0 Å². The molecule has 1 aromatic heterocycles. The topological polar surface area (TPSA) is 30.0 Å². The molecular formula is C13H19NO. The highest BCUT2D eigenvalue weighted by Gasteiger charge is 2.06. The minimum atomic E-state index is 0.176. The lowest BCUT2D eigenvalue weighted by Crippen LogP contribution is -2.02. The van der Waals surface area contributed by atoms with Crippen LogP contribution in [-0.2, 0) is 0 Å². The minimum absolute atomic E-state index is 0.176. The van der Waals surface area contributed by atoms with Crippen LogP contribution in [0, 0.1) is 6.92 Å². The summed E-state index contributed by atoms with van der Waals surface area (Å²) in [4.78, 5) is 15.8. The van der Waals surface area contributed by atoms with Gasteiger partial charge in [0.05, 0.1) is 0 Å². The molecule has 1 aromatic rings. The monoisotopic (exact) mass is 205 g/mol. The maximum absolute atomic E-state index is 11.7. The number of aryl methyl sites for hydroxylation is 1. The van der Waals surface area contributed by atoms with Crippen molar-refractivity contribution in [2.45, 2.75) is 46.0 Å². The van der Waals surface area contributed by atoms with E-state index in [0.29, 0.717) is 12.1 Å². The van der Waals surface area contributed by atoms with Gasteiger partial charge in [-0.25, -0.2) is 0 Å². The van der Waals surface area contributed by atoms with Crippen LogP contribution in [0.25, 0.3) is 0 Å². The van der Waals surface area contributed by atoms with Gasteiger partial charge in [0, 0.05) is 12.6 Å². The number of hydrogen-bond donors (Lipinski definition) is 0. The zero-order valence-electron chi connectivity index (χ0n) is 9.62. The number of carbonyl (C=O) groups excluding carboxylic acids is 1. The van der Waals surface area contributed by atoms with E-state index in [0.717, 1.165) is 18.4 Å². The van der Waals surface area contributed by atoms with E-state index < -0.39 is 0 Å². The summed E-state index contributed by atoms with van der Waals surface area (Å²) in [5.74, 6) is 0.176. The maximum Gasteiger partial charge on any atom is 0.181 e. The molecule has 0 spiro atoms. The second-order valence-corrected chi connectivity index (χ2v) is 3.95. The molecular weight excluding hydrogens is 186 g/mol. The quantitative estimate of drug-likeness (QED) is 0.525. The number of Topliss-reactive ketones (excluding diaryl/α,β-unsaturated/α-hetero) is 1. The number of hydrogen-bond acceptors (Lipinski definition) is 2. The van der Waals surface area contributed by atoms with Crippen LogP contribution in [0.1, 0.15) is 55.1 Å². The standard InChI is InChI=1S/C13H19NO/c1-3-4-5-6-7-13(15)12-10-11(2)8-9-14-12/h8-10H,3-7H2,1-2H3. The summed E-state index contributed by atoms with van der Waals surface area (Å²) in [7, 11) is 0. The van der Waals surface area contributed by atoms with Crippen molar-refractivity contribution in [2.24, 2.45) is 0 Å². The zero-order valence-corrected chi connectivity index (χ0v) is 9.62. The van der Waals surface area contributed by atoms with Crippen LogP contribution in [0.2, 0.25) is 0 Å². The van der Waals surface area contributed by atoms with E-state index in [4.69, 9.17) is 0 Å². The lowest BCUT2D eigenvalue weighted by Gasteiger charge is -2.01. The van der Waals surface area contributed by atoms with E-state index in [1.807, 2.05) is 19.1 Å². The number of ketones is 1. The van der Waals surface area contributed by atoms with Gasteiger partial charge < -0.3 is 0 Å². The van der Waals surface area contributed by atoms with Crippen LogP contribution in [0.15, 0.2) is 18.3 Å². The van der Waals surface area contributed by atoms with Gasteiger partial charge in [-0.15, -0.1) is 0 Å². The van der Waals surface area contributed by atoms with Crippen molar-refractivity contribution >= 4 is 5.78 Å². The average Bonchev–Trinajstić information content (AvgIpc) is 2.24. The molecule has 0 atom stereocenters.